The lowest BCUT2D eigenvalue weighted by atomic mass is 10.0. The number of carbonyl (C=O) groups excluding carboxylic acids is 1. The van der Waals surface area contributed by atoms with Crippen LogP contribution in [-0.4, -0.2) is 50.2 Å². The molecule has 1 amide bonds. The van der Waals surface area contributed by atoms with E-state index in [2.05, 4.69) is 5.32 Å². The molecule has 0 bridgehead atoms. The third kappa shape index (κ3) is 5.50. The van der Waals surface area contributed by atoms with Crippen LogP contribution in [0.4, 0.5) is 0 Å². The molecule has 100 valence electrons. The summed E-state index contributed by atoms with van der Waals surface area (Å²) in [6, 6.07) is 0.0157. The van der Waals surface area contributed by atoms with Crippen molar-refractivity contribution in [2.24, 2.45) is 0 Å². The van der Waals surface area contributed by atoms with Crippen LogP contribution in [0.2, 0.25) is 0 Å². The van der Waals surface area contributed by atoms with Gasteiger partial charge in [-0.3, -0.25) is 4.79 Å². The van der Waals surface area contributed by atoms with Gasteiger partial charge in [-0.25, -0.2) is 0 Å². The molecule has 1 heterocycles. The Bertz CT molecular complexity index is 213. The number of amides is 1. The van der Waals surface area contributed by atoms with E-state index in [-0.39, 0.29) is 11.9 Å². The van der Waals surface area contributed by atoms with Crippen molar-refractivity contribution in [3.8, 4) is 0 Å². The molecule has 0 aromatic rings. The molecule has 1 aliphatic heterocycles. The Morgan fingerprint density at radius 3 is 2.88 bits per heavy atom. The Balaban J connectivity index is 2.32. The Morgan fingerprint density at radius 1 is 1.35 bits per heavy atom. The lowest BCUT2D eigenvalue weighted by Gasteiger charge is -2.26. The highest BCUT2D eigenvalue weighted by Crippen LogP contribution is 2.11. The maximum absolute atomic E-state index is 12.2. The fourth-order valence-electron chi connectivity index (χ4n) is 2.14. The van der Waals surface area contributed by atoms with Crippen molar-refractivity contribution < 1.29 is 9.53 Å². The normalized spacial score (nSPS) is 21.6. The molecule has 0 aliphatic carbocycles. The Kier molecular flexibility index (Phi) is 7.21. The number of hydrogen-bond donors (Lipinski definition) is 1. The number of ether oxygens (including phenoxy) is 1. The first-order chi connectivity index (χ1) is 8.25. The number of nitrogens with one attached hydrogen (secondary N) is 1. The molecule has 4 nitrogen and oxygen atoms in total. The monoisotopic (exact) mass is 242 g/mol. The van der Waals surface area contributed by atoms with Gasteiger partial charge in [0.25, 0.3) is 0 Å². The largest absolute Gasteiger partial charge is 0.380 e. The van der Waals surface area contributed by atoms with E-state index in [1.807, 2.05) is 14.0 Å². The molecule has 1 N–H and O–H groups in total. The van der Waals surface area contributed by atoms with Crippen LogP contribution in [-0.2, 0) is 9.53 Å². The van der Waals surface area contributed by atoms with Crippen molar-refractivity contribution in [2.45, 2.75) is 45.1 Å². The Labute approximate surface area is 105 Å². The van der Waals surface area contributed by atoms with Crippen LogP contribution in [0.5, 0.6) is 0 Å². The average molecular weight is 242 g/mol. The van der Waals surface area contributed by atoms with Gasteiger partial charge in [0.15, 0.2) is 0 Å². The van der Waals surface area contributed by atoms with Crippen molar-refractivity contribution in [1.82, 2.24) is 10.2 Å². The molecule has 0 aromatic carbocycles. The summed E-state index contributed by atoms with van der Waals surface area (Å²) >= 11 is 0. The van der Waals surface area contributed by atoms with Crippen molar-refractivity contribution in [1.29, 1.82) is 0 Å². The van der Waals surface area contributed by atoms with Crippen LogP contribution in [0, 0.1) is 0 Å². The van der Waals surface area contributed by atoms with Crippen LogP contribution in [0.15, 0.2) is 0 Å². The molecule has 1 saturated heterocycles. The zero-order valence-corrected chi connectivity index (χ0v) is 11.2. The Morgan fingerprint density at radius 2 is 2.12 bits per heavy atom. The van der Waals surface area contributed by atoms with Crippen LogP contribution in [0.3, 0.4) is 0 Å². The van der Waals surface area contributed by atoms with Gasteiger partial charge >= 0.3 is 0 Å². The molecular formula is C13H26N2O2. The lowest BCUT2D eigenvalue weighted by molar-refractivity contribution is -0.133. The smallest absolute Gasteiger partial charge is 0.239 e. The van der Waals surface area contributed by atoms with Gasteiger partial charge in [0.05, 0.1) is 12.6 Å². The zero-order valence-electron chi connectivity index (χ0n) is 11.2. The summed E-state index contributed by atoms with van der Waals surface area (Å²) in [6.07, 6.45) is 5.86. The second-order valence-electron chi connectivity index (χ2n) is 4.67. The molecule has 1 aliphatic rings. The Hall–Kier alpha value is -0.610. The number of nitrogens with zero attached hydrogens (tertiary/aromatic N) is 1. The minimum Gasteiger partial charge on any atom is -0.380 e. The zero-order chi connectivity index (χ0) is 12.5. The van der Waals surface area contributed by atoms with Crippen molar-refractivity contribution >= 4 is 5.91 Å². The lowest BCUT2D eigenvalue weighted by Crippen LogP contribution is -2.46. The second kappa shape index (κ2) is 8.48. The first-order valence-electron chi connectivity index (χ1n) is 6.81. The topological polar surface area (TPSA) is 41.6 Å². The predicted molar refractivity (Wildman–Crippen MR) is 69.0 cm³/mol. The van der Waals surface area contributed by atoms with Gasteiger partial charge in [-0.15, -0.1) is 0 Å². The fourth-order valence-corrected chi connectivity index (χ4v) is 2.14. The minimum absolute atomic E-state index is 0.0157. The van der Waals surface area contributed by atoms with Gasteiger partial charge in [0.1, 0.15) is 0 Å². The van der Waals surface area contributed by atoms with E-state index in [1.165, 1.54) is 19.3 Å². The van der Waals surface area contributed by atoms with Crippen molar-refractivity contribution in [2.75, 3.05) is 33.4 Å². The number of likely N-dealkylation sites (N-methyl/N-ethyl adjacent to an activating group) is 1. The number of hydrogen-bond acceptors (Lipinski definition) is 3. The highest BCUT2D eigenvalue weighted by Gasteiger charge is 2.21. The maximum atomic E-state index is 12.2. The molecule has 0 spiro atoms. The van der Waals surface area contributed by atoms with E-state index >= 15 is 0 Å². The van der Waals surface area contributed by atoms with Gasteiger partial charge in [-0.1, -0.05) is 19.3 Å². The molecule has 0 saturated carbocycles. The first kappa shape index (κ1) is 14.5. The summed E-state index contributed by atoms with van der Waals surface area (Å²) in [5, 5.41) is 3.36. The van der Waals surface area contributed by atoms with E-state index in [0.717, 1.165) is 19.4 Å². The van der Waals surface area contributed by atoms with Gasteiger partial charge in [0.2, 0.25) is 5.91 Å². The van der Waals surface area contributed by atoms with E-state index in [4.69, 9.17) is 4.74 Å². The number of rotatable bonds is 5. The quantitative estimate of drug-likeness (QED) is 0.741. The summed E-state index contributed by atoms with van der Waals surface area (Å²) in [5.74, 6) is 0.214. The SMILES string of the molecule is CCOCCN(C)C(=O)C1CCCCCCN1. The molecule has 0 radical (unpaired) electrons. The van der Waals surface area contributed by atoms with E-state index in [9.17, 15) is 4.79 Å². The summed E-state index contributed by atoms with van der Waals surface area (Å²) in [4.78, 5) is 14.0. The molecule has 1 fully saturated rings. The third-order valence-electron chi connectivity index (χ3n) is 3.26. The maximum Gasteiger partial charge on any atom is 0.239 e. The van der Waals surface area contributed by atoms with Crippen molar-refractivity contribution in [3.05, 3.63) is 0 Å². The summed E-state index contributed by atoms with van der Waals surface area (Å²) in [7, 11) is 1.86. The third-order valence-corrected chi connectivity index (χ3v) is 3.26. The average Bonchev–Trinajstić information content (AvgIpc) is 2.28. The molecule has 1 rings (SSSR count). The number of carbonyl (C=O) groups is 1. The van der Waals surface area contributed by atoms with Gasteiger partial charge in [-0.2, -0.15) is 0 Å². The summed E-state index contributed by atoms with van der Waals surface area (Å²) in [5.41, 5.74) is 0. The van der Waals surface area contributed by atoms with E-state index in [0.29, 0.717) is 19.8 Å². The molecule has 0 aromatic heterocycles. The van der Waals surface area contributed by atoms with Gasteiger partial charge in [0, 0.05) is 20.2 Å². The van der Waals surface area contributed by atoms with E-state index < -0.39 is 0 Å². The standard InChI is InChI=1S/C13H26N2O2/c1-3-17-11-10-15(2)13(16)12-8-6-4-5-7-9-14-12/h12,14H,3-11H2,1-2H3. The van der Waals surface area contributed by atoms with Crippen LogP contribution >= 0.6 is 0 Å². The second-order valence-corrected chi connectivity index (χ2v) is 4.67. The van der Waals surface area contributed by atoms with Crippen LogP contribution in [0.1, 0.15) is 39.0 Å². The molecule has 17 heavy (non-hydrogen) atoms. The molecule has 1 atom stereocenters. The highest BCUT2D eigenvalue weighted by molar-refractivity contribution is 5.81. The first-order valence-corrected chi connectivity index (χ1v) is 6.81. The summed E-state index contributed by atoms with van der Waals surface area (Å²) in [6.45, 7) is 4.97. The van der Waals surface area contributed by atoms with Crippen molar-refractivity contribution in [3.63, 3.8) is 0 Å². The predicted octanol–water partition coefficient (Wildman–Crippen LogP) is 1.40. The van der Waals surface area contributed by atoms with E-state index in [1.54, 1.807) is 4.90 Å². The van der Waals surface area contributed by atoms with Crippen LogP contribution in [0.25, 0.3) is 0 Å². The van der Waals surface area contributed by atoms with Gasteiger partial charge < -0.3 is 15.0 Å². The molecule has 4 heteroatoms. The highest BCUT2D eigenvalue weighted by atomic mass is 16.5. The molecule has 1 unspecified atom stereocenters. The minimum atomic E-state index is 0.0157. The fraction of sp³-hybridized carbons (Fsp3) is 0.923. The van der Waals surface area contributed by atoms with Crippen LogP contribution < -0.4 is 5.32 Å². The molecular weight excluding hydrogens is 216 g/mol. The summed E-state index contributed by atoms with van der Waals surface area (Å²) < 4.78 is 5.27. The van der Waals surface area contributed by atoms with Gasteiger partial charge in [-0.05, 0) is 26.3 Å².